The Labute approximate surface area is 100 Å². The van der Waals surface area contributed by atoms with Gasteiger partial charge in [-0.2, -0.15) is 0 Å². The highest BCUT2D eigenvalue weighted by Gasteiger charge is 2.24. The minimum atomic E-state index is -0.539. The molecule has 0 bridgehead atoms. The van der Waals surface area contributed by atoms with Crippen LogP contribution in [0.1, 0.15) is 24.5 Å². The topological polar surface area (TPSA) is 55.5 Å². The van der Waals surface area contributed by atoms with E-state index in [0.717, 1.165) is 18.4 Å². The molecule has 0 amide bonds. The summed E-state index contributed by atoms with van der Waals surface area (Å²) in [6.45, 7) is 1.42. The van der Waals surface area contributed by atoms with E-state index in [1.54, 1.807) is 18.2 Å². The first kappa shape index (κ1) is 11.7. The fraction of sp³-hybridized carbons (Fsp3) is 0.500. The van der Waals surface area contributed by atoms with Gasteiger partial charge < -0.3 is 15.6 Å². The van der Waals surface area contributed by atoms with Crippen LogP contribution < -0.4 is 5.73 Å². The second-order valence-electron chi connectivity index (χ2n) is 4.17. The molecule has 1 atom stereocenters. The first-order chi connectivity index (χ1) is 7.68. The number of benzene rings is 1. The summed E-state index contributed by atoms with van der Waals surface area (Å²) in [5.74, 6) is 0.217. The molecule has 0 spiro atoms. The summed E-state index contributed by atoms with van der Waals surface area (Å²) in [6.07, 6.45) is 1.20. The lowest BCUT2D eigenvalue weighted by Crippen LogP contribution is -2.22. The fourth-order valence-corrected chi connectivity index (χ4v) is 2.27. The Bertz CT molecular complexity index is 364. The number of anilines is 1. The molecule has 16 heavy (non-hydrogen) atoms. The maximum Gasteiger partial charge on any atom is 0.0840 e. The number of rotatable bonds is 2. The van der Waals surface area contributed by atoms with Crippen molar-refractivity contribution in [3.8, 4) is 0 Å². The van der Waals surface area contributed by atoms with Gasteiger partial charge in [-0.25, -0.2) is 0 Å². The van der Waals surface area contributed by atoms with Crippen LogP contribution in [-0.2, 0) is 4.74 Å². The minimum absolute atomic E-state index is 0.217. The van der Waals surface area contributed by atoms with Gasteiger partial charge in [0.25, 0.3) is 0 Å². The van der Waals surface area contributed by atoms with E-state index in [1.165, 1.54) is 0 Å². The predicted octanol–water partition coefficient (Wildman–Crippen LogP) is 2.38. The molecule has 3 N–H and O–H groups in total. The van der Waals surface area contributed by atoms with E-state index in [0.29, 0.717) is 23.9 Å². The van der Waals surface area contributed by atoms with Crippen LogP contribution in [0.15, 0.2) is 18.2 Å². The van der Waals surface area contributed by atoms with Crippen molar-refractivity contribution in [3.63, 3.8) is 0 Å². The van der Waals surface area contributed by atoms with E-state index < -0.39 is 6.10 Å². The average Bonchev–Trinajstić information content (AvgIpc) is 2.32. The molecule has 1 unspecified atom stereocenters. The van der Waals surface area contributed by atoms with Crippen LogP contribution >= 0.6 is 11.6 Å². The third-order valence-electron chi connectivity index (χ3n) is 3.08. The third-order valence-corrected chi connectivity index (χ3v) is 3.32. The Hall–Kier alpha value is -0.770. The molecule has 2 rings (SSSR count). The van der Waals surface area contributed by atoms with Gasteiger partial charge in [0.15, 0.2) is 0 Å². The lowest BCUT2D eigenvalue weighted by atomic mass is 9.89. The molecule has 1 aromatic rings. The summed E-state index contributed by atoms with van der Waals surface area (Å²) in [4.78, 5) is 0. The second kappa shape index (κ2) is 5.04. The molecule has 88 valence electrons. The van der Waals surface area contributed by atoms with Gasteiger partial charge in [-0.3, -0.25) is 0 Å². The number of aliphatic hydroxyl groups excluding tert-OH is 1. The second-order valence-corrected chi connectivity index (χ2v) is 4.60. The van der Waals surface area contributed by atoms with Crippen molar-refractivity contribution >= 4 is 17.3 Å². The number of nitrogen functional groups attached to an aromatic ring is 1. The number of hydrogen-bond acceptors (Lipinski definition) is 3. The highest BCUT2D eigenvalue weighted by molar-refractivity contribution is 6.30. The van der Waals surface area contributed by atoms with Crippen LogP contribution in [0.4, 0.5) is 5.69 Å². The number of nitrogens with two attached hydrogens (primary N) is 1. The van der Waals surface area contributed by atoms with Crippen LogP contribution in [0.5, 0.6) is 0 Å². The molecular formula is C12H16ClNO2. The first-order valence-electron chi connectivity index (χ1n) is 5.49. The van der Waals surface area contributed by atoms with Gasteiger partial charge in [-0.05, 0) is 37.0 Å². The zero-order valence-corrected chi connectivity index (χ0v) is 9.78. The predicted molar refractivity (Wildman–Crippen MR) is 64.4 cm³/mol. The van der Waals surface area contributed by atoms with Crippen LogP contribution in [0.3, 0.4) is 0 Å². The van der Waals surface area contributed by atoms with E-state index in [9.17, 15) is 5.11 Å². The largest absolute Gasteiger partial charge is 0.398 e. The zero-order chi connectivity index (χ0) is 11.5. The smallest absolute Gasteiger partial charge is 0.0840 e. The van der Waals surface area contributed by atoms with Crippen molar-refractivity contribution in [1.82, 2.24) is 0 Å². The van der Waals surface area contributed by atoms with Crippen molar-refractivity contribution in [2.45, 2.75) is 18.9 Å². The van der Waals surface area contributed by atoms with Gasteiger partial charge >= 0.3 is 0 Å². The highest BCUT2D eigenvalue weighted by Crippen LogP contribution is 2.34. The summed E-state index contributed by atoms with van der Waals surface area (Å²) in [5.41, 5.74) is 7.18. The van der Waals surface area contributed by atoms with Crippen LogP contribution in [-0.4, -0.2) is 18.3 Å². The Morgan fingerprint density at radius 2 is 2.06 bits per heavy atom. The molecule has 0 aliphatic carbocycles. The van der Waals surface area contributed by atoms with E-state index in [2.05, 4.69) is 0 Å². The Morgan fingerprint density at radius 3 is 2.75 bits per heavy atom. The summed E-state index contributed by atoms with van der Waals surface area (Å²) >= 11 is 5.91. The van der Waals surface area contributed by atoms with Crippen molar-refractivity contribution in [3.05, 3.63) is 28.8 Å². The van der Waals surface area contributed by atoms with Crippen molar-refractivity contribution < 1.29 is 9.84 Å². The number of halogens is 1. The molecule has 3 nitrogen and oxygen atoms in total. The lowest BCUT2D eigenvalue weighted by molar-refractivity contribution is 0.00746. The molecule has 1 aromatic carbocycles. The van der Waals surface area contributed by atoms with Gasteiger partial charge in [-0.15, -0.1) is 0 Å². The van der Waals surface area contributed by atoms with Crippen LogP contribution in [0, 0.1) is 5.92 Å². The molecule has 0 radical (unpaired) electrons. The quantitative estimate of drug-likeness (QED) is 0.782. The fourth-order valence-electron chi connectivity index (χ4n) is 2.09. The molecule has 1 fully saturated rings. The standard InChI is InChI=1S/C12H16ClNO2/c13-9-1-2-11(14)10(7-9)12(15)8-3-5-16-6-4-8/h1-2,7-8,12,15H,3-6,14H2. The Balaban J connectivity index is 2.18. The summed E-state index contributed by atoms with van der Waals surface area (Å²) in [6, 6.07) is 5.22. The molecule has 0 aromatic heterocycles. The third kappa shape index (κ3) is 2.48. The summed E-state index contributed by atoms with van der Waals surface area (Å²) in [7, 11) is 0. The highest BCUT2D eigenvalue weighted by atomic mass is 35.5. The molecule has 1 saturated heterocycles. The van der Waals surface area contributed by atoms with E-state index in [1.807, 2.05) is 0 Å². The molecule has 1 heterocycles. The van der Waals surface area contributed by atoms with Gasteiger partial charge in [0.05, 0.1) is 6.10 Å². The van der Waals surface area contributed by atoms with Crippen LogP contribution in [0.2, 0.25) is 5.02 Å². The molecule has 1 aliphatic heterocycles. The van der Waals surface area contributed by atoms with Gasteiger partial charge in [-0.1, -0.05) is 11.6 Å². The summed E-state index contributed by atoms with van der Waals surface area (Å²) < 4.78 is 5.27. The monoisotopic (exact) mass is 241 g/mol. The number of ether oxygens (including phenoxy) is 1. The zero-order valence-electron chi connectivity index (χ0n) is 9.03. The van der Waals surface area contributed by atoms with Crippen molar-refractivity contribution in [2.24, 2.45) is 5.92 Å². The Morgan fingerprint density at radius 1 is 1.38 bits per heavy atom. The van der Waals surface area contributed by atoms with Gasteiger partial charge in [0, 0.05) is 29.5 Å². The molecule has 1 aliphatic rings. The normalized spacial score (nSPS) is 19.6. The Kier molecular flexibility index (Phi) is 3.69. The molecule has 4 heteroatoms. The number of aliphatic hydroxyl groups is 1. The first-order valence-corrected chi connectivity index (χ1v) is 5.87. The van der Waals surface area contributed by atoms with Crippen LogP contribution in [0.25, 0.3) is 0 Å². The molecule has 0 saturated carbocycles. The average molecular weight is 242 g/mol. The van der Waals surface area contributed by atoms with Crippen molar-refractivity contribution in [1.29, 1.82) is 0 Å². The maximum atomic E-state index is 10.3. The van der Waals surface area contributed by atoms with E-state index in [4.69, 9.17) is 22.1 Å². The lowest BCUT2D eigenvalue weighted by Gasteiger charge is -2.27. The van der Waals surface area contributed by atoms with Crippen molar-refractivity contribution in [2.75, 3.05) is 18.9 Å². The van der Waals surface area contributed by atoms with Gasteiger partial charge in [0.2, 0.25) is 0 Å². The molecular weight excluding hydrogens is 226 g/mol. The van der Waals surface area contributed by atoms with E-state index >= 15 is 0 Å². The number of hydrogen-bond donors (Lipinski definition) is 2. The van der Waals surface area contributed by atoms with Gasteiger partial charge in [0.1, 0.15) is 0 Å². The van der Waals surface area contributed by atoms with E-state index in [-0.39, 0.29) is 5.92 Å². The SMILES string of the molecule is Nc1ccc(Cl)cc1C(O)C1CCOCC1. The summed E-state index contributed by atoms with van der Waals surface area (Å²) in [5, 5.41) is 10.9. The maximum absolute atomic E-state index is 10.3. The minimum Gasteiger partial charge on any atom is -0.398 e.